The van der Waals surface area contributed by atoms with E-state index < -0.39 is 0 Å². The van der Waals surface area contributed by atoms with Crippen molar-refractivity contribution in [1.82, 2.24) is 14.8 Å². The Morgan fingerprint density at radius 2 is 2.19 bits per heavy atom. The fourth-order valence-electron chi connectivity index (χ4n) is 2.14. The highest BCUT2D eigenvalue weighted by molar-refractivity contribution is 5.64. The van der Waals surface area contributed by atoms with Gasteiger partial charge in [0, 0.05) is 24.2 Å². The summed E-state index contributed by atoms with van der Waals surface area (Å²) in [5.74, 6) is 2.04. The molecule has 3 rings (SSSR count). The van der Waals surface area contributed by atoms with Crippen molar-refractivity contribution >= 4 is 5.69 Å². The Balaban J connectivity index is 2.11. The lowest BCUT2D eigenvalue weighted by molar-refractivity contribution is 0.748. The maximum Gasteiger partial charge on any atom is 0.164 e. The van der Waals surface area contributed by atoms with Crippen molar-refractivity contribution in [2.45, 2.75) is 26.3 Å². The number of nitrogen functional groups attached to an aromatic ring is 1. The molecular weight excluding hydrogens is 200 g/mol. The number of aryl methyl sites for hydroxylation is 2. The SMILES string of the molecule is Cc1ccc(-c2nnc3n2CCC3)cc1N. The van der Waals surface area contributed by atoms with Crippen LogP contribution in [0.3, 0.4) is 0 Å². The van der Waals surface area contributed by atoms with Crippen LogP contribution in [0, 0.1) is 6.92 Å². The minimum absolute atomic E-state index is 0.813. The molecule has 0 unspecified atom stereocenters. The molecule has 0 aliphatic carbocycles. The Bertz CT molecular complexity index is 542. The van der Waals surface area contributed by atoms with Gasteiger partial charge < -0.3 is 10.3 Å². The van der Waals surface area contributed by atoms with Crippen LogP contribution in [0.5, 0.6) is 0 Å². The molecule has 0 saturated carbocycles. The van der Waals surface area contributed by atoms with Gasteiger partial charge in [-0.2, -0.15) is 0 Å². The summed E-state index contributed by atoms with van der Waals surface area (Å²) in [6, 6.07) is 6.06. The summed E-state index contributed by atoms with van der Waals surface area (Å²) in [7, 11) is 0. The molecule has 0 atom stereocenters. The van der Waals surface area contributed by atoms with Gasteiger partial charge in [-0.3, -0.25) is 0 Å². The molecule has 2 heterocycles. The summed E-state index contributed by atoms with van der Waals surface area (Å²) in [5, 5.41) is 8.43. The van der Waals surface area contributed by atoms with Crippen molar-refractivity contribution in [3.05, 3.63) is 29.6 Å². The van der Waals surface area contributed by atoms with Crippen LogP contribution >= 0.6 is 0 Å². The zero-order chi connectivity index (χ0) is 11.1. The molecule has 4 heteroatoms. The lowest BCUT2D eigenvalue weighted by Crippen LogP contribution is -1.97. The molecule has 2 N–H and O–H groups in total. The highest BCUT2D eigenvalue weighted by Gasteiger charge is 2.18. The van der Waals surface area contributed by atoms with Gasteiger partial charge >= 0.3 is 0 Å². The van der Waals surface area contributed by atoms with E-state index in [9.17, 15) is 0 Å². The fraction of sp³-hybridized carbons (Fsp3) is 0.333. The molecule has 0 spiro atoms. The summed E-state index contributed by atoms with van der Waals surface area (Å²) < 4.78 is 2.18. The average Bonchev–Trinajstić information content (AvgIpc) is 2.83. The van der Waals surface area contributed by atoms with Gasteiger partial charge in [-0.1, -0.05) is 12.1 Å². The van der Waals surface area contributed by atoms with Crippen LogP contribution in [0.2, 0.25) is 0 Å². The number of fused-ring (bicyclic) bond motifs is 1. The van der Waals surface area contributed by atoms with E-state index in [1.807, 2.05) is 19.1 Å². The molecule has 4 nitrogen and oxygen atoms in total. The normalized spacial score (nSPS) is 14.1. The molecule has 1 aromatic heterocycles. The molecule has 1 aliphatic rings. The van der Waals surface area contributed by atoms with E-state index in [0.29, 0.717) is 0 Å². The third-order valence-electron chi connectivity index (χ3n) is 3.15. The van der Waals surface area contributed by atoms with Crippen molar-refractivity contribution in [3.8, 4) is 11.4 Å². The minimum atomic E-state index is 0.813. The monoisotopic (exact) mass is 214 g/mol. The number of nitrogens with zero attached hydrogens (tertiary/aromatic N) is 3. The largest absolute Gasteiger partial charge is 0.398 e. The Hall–Kier alpha value is -1.84. The Morgan fingerprint density at radius 1 is 1.31 bits per heavy atom. The fourth-order valence-corrected chi connectivity index (χ4v) is 2.14. The maximum atomic E-state index is 5.91. The topological polar surface area (TPSA) is 56.7 Å². The van der Waals surface area contributed by atoms with Crippen molar-refractivity contribution in [3.63, 3.8) is 0 Å². The highest BCUT2D eigenvalue weighted by atomic mass is 15.3. The first-order chi connectivity index (χ1) is 7.75. The first kappa shape index (κ1) is 9.39. The molecular formula is C12H14N4. The first-order valence-corrected chi connectivity index (χ1v) is 5.54. The van der Waals surface area contributed by atoms with Gasteiger partial charge in [-0.25, -0.2) is 0 Å². The van der Waals surface area contributed by atoms with E-state index in [1.165, 1.54) is 6.42 Å². The van der Waals surface area contributed by atoms with E-state index in [0.717, 1.165) is 41.4 Å². The Labute approximate surface area is 94.1 Å². The minimum Gasteiger partial charge on any atom is -0.398 e. The van der Waals surface area contributed by atoms with E-state index in [-0.39, 0.29) is 0 Å². The first-order valence-electron chi connectivity index (χ1n) is 5.54. The Morgan fingerprint density at radius 3 is 3.00 bits per heavy atom. The van der Waals surface area contributed by atoms with Gasteiger partial charge in [0.15, 0.2) is 5.82 Å². The second-order valence-electron chi connectivity index (χ2n) is 4.27. The zero-order valence-corrected chi connectivity index (χ0v) is 9.27. The highest BCUT2D eigenvalue weighted by Crippen LogP contribution is 2.25. The lowest BCUT2D eigenvalue weighted by Gasteiger charge is -2.05. The summed E-state index contributed by atoms with van der Waals surface area (Å²) in [4.78, 5) is 0. The van der Waals surface area contributed by atoms with Crippen LogP contribution in [-0.4, -0.2) is 14.8 Å². The predicted octanol–water partition coefficient (Wildman–Crippen LogP) is 1.78. The van der Waals surface area contributed by atoms with Crippen LogP contribution in [0.4, 0.5) is 5.69 Å². The molecule has 0 saturated heterocycles. The number of nitrogens with two attached hydrogens (primary N) is 1. The van der Waals surface area contributed by atoms with Gasteiger partial charge in [0.1, 0.15) is 5.82 Å². The zero-order valence-electron chi connectivity index (χ0n) is 9.27. The van der Waals surface area contributed by atoms with Gasteiger partial charge in [-0.05, 0) is 25.0 Å². The molecule has 0 radical (unpaired) electrons. The maximum absolute atomic E-state index is 5.91. The number of aromatic nitrogens is 3. The summed E-state index contributed by atoms with van der Waals surface area (Å²) in [6.07, 6.45) is 2.20. The van der Waals surface area contributed by atoms with Gasteiger partial charge in [0.25, 0.3) is 0 Å². The second kappa shape index (κ2) is 3.33. The van der Waals surface area contributed by atoms with Gasteiger partial charge in [0.2, 0.25) is 0 Å². The number of hydrogen-bond acceptors (Lipinski definition) is 3. The molecule has 82 valence electrons. The number of anilines is 1. The molecule has 0 amide bonds. The van der Waals surface area contributed by atoms with Crippen molar-refractivity contribution in [2.24, 2.45) is 0 Å². The molecule has 2 aromatic rings. The number of rotatable bonds is 1. The van der Waals surface area contributed by atoms with E-state index >= 15 is 0 Å². The van der Waals surface area contributed by atoms with E-state index in [1.54, 1.807) is 0 Å². The second-order valence-corrected chi connectivity index (χ2v) is 4.27. The Kier molecular flexibility index (Phi) is 1.96. The van der Waals surface area contributed by atoms with Crippen LogP contribution in [-0.2, 0) is 13.0 Å². The third kappa shape index (κ3) is 1.30. The van der Waals surface area contributed by atoms with Crippen LogP contribution in [0.15, 0.2) is 18.2 Å². The molecule has 16 heavy (non-hydrogen) atoms. The standard InChI is InChI=1S/C12H14N4/c1-8-4-5-9(7-10(8)13)12-15-14-11-3-2-6-16(11)12/h4-5,7H,2-3,6,13H2,1H3. The third-order valence-corrected chi connectivity index (χ3v) is 3.15. The van der Waals surface area contributed by atoms with Crippen LogP contribution in [0.1, 0.15) is 17.8 Å². The van der Waals surface area contributed by atoms with Crippen molar-refractivity contribution < 1.29 is 0 Å². The van der Waals surface area contributed by atoms with Gasteiger partial charge in [0.05, 0.1) is 0 Å². The molecule has 1 aromatic carbocycles. The number of hydrogen-bond donors (Lipinski definition) is 1. The average molecular weight is 214 g/mol. The quantitative estimate of drug-likeness (QED) is 0.736. The summed E-state index contributed by atoms with van der Waals surface area (Å²) in [5.41, 5.74) is 8.89. The molecule has 0 fully saturated rings. The molecule has 0 bridgehead atoms. The molecule has 1 aliphatic heterocycles. The lowest BCUT2D eigenvalue weighted by atomic mass is 10.1. The van der Waals surface area contributed by atoms with Crippen LogP contribution < -0.4 is 5.73 Å². The van der Waals surface area contributed by atoms with Crippen LogP contribution in [0.25, 0.3) is 11.4 Å². The van der Waals surface area contributed by atoms with Crippen molar-refractivity contribution in [2.75, 3.05) is 5.73 Å². The predicted molar refractivity (Wildman–Crippen MR) is 62.9 cm³/mol. The van der Waals surface area contributed by atoms with Crippen molar-refractivity contribution in [1.29, 1.82) is 0 Å². The van der Waals surface area contributed by atoms with E-state index in [2.05, 4.69) is 20.8 Å². The summed E-state index contributed by atoms with van der Waals surface area (Å²) in [6.45, 7) is 3.03. The smallest absolute Gasteiger partial charge is 0.164 e. The van der Waals surface area contributed by atoms with Gasteiger partial charge in [-0.15, -0.1) is 10.2 Å². The summed E-state index contributed by atoms with van der Waals surface area (Å²) >= 11 is 0. The van der Waals surface area contributed by atoms with E-state index in [4.69, 9.17) is 5.73 Å². The number of benzene rings is 1.